The van der Waals surface area contributed by atoms with Gasteiger partial charge in [0.05, 0.1) is 6.20 Å². The molecule has 1 aliphatic rings. The summed E-state index contributed by atoms with van der Waals surface area (Å²) >= 11 is 0. The van der Waals surface area contributed by atoms with Crippen LogP contribution >= 0.6 is 0 Å². The molecule has 78 valence electrons. The topological polar surface area (TPSA) is 78.8 Å². The fraction of sp³-hybridized carbons (Fsp3) is 0.500. The van der Waals surface area contributed by atoms with Gasteiger partial charge in [0.2, 0.25) is 0 Å². The van der Waals surface area contributed by atoms with E-state index >= 15 is 0 Å². The smallest absolute Gasteiger partial charge is 0.183 e. The predicted molar refractivity (Wildman–Crippen MR) is 57.2 cm³/mol. The molecule has 0 bridgehead atoms. The third kappa shape index (κ3) is 1.71. The van der Waals surface area contributed by atoms with Crippen molar-refractivity contribution >= 4 is 11.6 Å². The van der Waals surface area contributed by atoms with Gasteiger partial charge in [-0.05, 0) is 19.8 Å². The Labute approximate surface area is 88.5 Å². The van der Waals surface area contributed by atoms with Crippen molar-refractivity contribution in [2.75, 3.05) is 17.2 Å². The lowest BCUT2D eigenvalue weighted by molar-refractivity contribution is 0.725. The van der Waals surface area contributed by atoms with Crippen LogP contribution in [0.1, 0.15) is 25.5 Å². The molecule has 1 aromatic rings. The average Bonchev–Trinajstić information content (AvgIpc) is 2.64. The van der Waals surface area contributed by atoms with Gasteiger partial charge < -0.3 is 10.6 Å². The van der Waals surface area contributed by atoms with E-state index in [0.29, 0.717) is 23.4 Å². The van der Waals surface area contributed by atoms with Crippen LogP contribution in [0.5, 0.6) is 0 Å². The second kappa shape index (κ2) is 3.73. The first-order chi connectivity index (χ1) is 7.22. The number of anilines is 2. The highest BCUT2D eigenvalue weighted by Gasteiger charge is 2.24. The highest BCUT2D eigenvalue weighted by Crippen LogP contribution is 2.25. The van der Waals surface area contributed by atoms with E-state index in [0.717, 1.165) is 19.4 Å². The lowest BCUT2D eigenvalue weighted by Gasteiger charge is -2.22. The zero-order chi connectivity index (χ0) is 10.8. The second-order valence-electron chi connectivity index (χ2n) is 3.76. The summed E-state index contributed by atoms with van der Waals surface area (Å²) in [6, 6.07) is 2.46. The van der Waals surface area contributed by atoms with E-state index in [4.69, 9.17) is 11.0 Å². The summed E-state index contributed by atoms with van der Waals surface area (Å²) in [6.45, 7) is 3.05. The summed E-state index contributed by atoms with van der Waals surface area (Å²) in [4.78, 5) is 10.3. The van der Waals surface area contributed by atoms with Crippen molar-refractivity contribution < 1.29 is 0 Å². The van der Waals surface area contributed by atoms with Gasteiger partial charge in [0.25, 0.3) is 0 Å². The molecule has 1 unspecified atom stereocenters. The zero-order valence-electron chi connectivity index (χ0n) is 8.64. The minimum Gasteiger partial charge on any atom is -0.382 e. The number of nitriles is 1. The van der Waals surface area contributed by atoms with Crippen LogP contribution in [0.4, 0.5) is 11.6 Å². The fourth-order valence-electron chi connectivity index (χ4n) is 1.92. The van der Waals surface area contributed by atoms with E-state index in [9.17, 15) is 0 Å². The molecular weight excluding hydrogens is 190 g/mol. The van der Waals surface area contributed by atoms with E-state index in [-0.39, 0.29) is 0 Å². The summed E-state index contributed by atoms with van der Waals surface area (Å²) in [5.41, 5.74) is 5.94. The Bertz CT molecular complexity index is 409. The Morgan fingerprint density at radius 3 is 3.07 bits per heavy atom. The quantitative estimate of drug-likeness (QED) is 0.734. The number of hydrogen-bond donors (Lipinski definition) is 1. The molecule has 2 heterocycles. The number of nitrogen functional groups attached to an aromatic ring is 1. The van der Waals surface area contributed by atoms with Crippen LogP contribution in [0, 0.1) is 11.3 Å². The van der Waals surface area contributed by atoms with Crippen LogP contribution in [0.3, 0.4) is 0 Å². The summed E-state index contributed by atoms with van der Waals surface area (Å²) in [5, 5.41) is 8.94. The standard InChI is InChI=1S/C10H13N5/c1-7-3-2-4-15(7)10-8(5-11)13-6-9(12)14-10/h6-7H,2-4H2,1H3,(H2,12,14). The molecule has 0 aromatic carbocycles. The van der Waals surface area contributed by atoms with E-state index in [2.05, 4.69) is 21.8 Å². The average molecular weight is 203 g/mol. The Balaban J connectivity index is 2.42. The molecule has 0 aliphatic carbocycles. The highest BCUT2D eigenvalue weighted by molar-refractivity contribution is 5.54. The molecule has 5 nitrogen and oxygen atoms in total. The molecule has 0 amide bonds. The Morgan fingerprint density at radius 2 is 2.47 bits per heavy atom. The first-order valence-electron chi connectivity index (χ1n) is 5.01. The number of nitrogens with two attached hydrogens (primary N) is 1. The molecule has 0 spiro atoms. The van der Waals surface area contributed by atoms with Crippen molar-refractivity contribution in [1.29, 1.82) is 5.26 Å². The Morgan fingerprint density at radius 1 is 1.67 bits per heavy atom. The first-order valence-corrected chi connectivity index (χ1v) is 5.01. The monoisotopic (exact) mass is 203 g/mol. The van der Waals surface area contributed by atoms with Crippen LogP contribution in [0.2, 0.25) is 0 Å². The van der Waals surface area contributed by atoms with Crippen LogP contribution in [-0.4, -0.2) is 22.6 Å². The highest BCUT2D eigenvalue weighted by atomic mass is 15.2. The minimum atomic E-state index is 0.359. The van der Waals surface area contributed by atoms with E-state index in [1.807, 2.05) is 6.07 Å². The van der Waals surface area contributed by atoms with Gasteiger partial charge >= 0.3 is 0 Å². The molecule has 2 N–H and O–H groups in total. The van der Waals surface area contributed by atoms with Gasteiger partial charge in [-0.25, -0.2) is 9.97 Å². The van der Waals surface area contributed by atoms with Crippen LogP contribution in [-0.2, 0) is 0 Å². The number of hydrogen-bond acceptors (Lipinski definition) is 5. The van der Waals surface area contributed by atoms with Crippen molar-refractivity contribution in [2.24, 2.45) is 0 Å². The molecule has 0 saturated carbocycles. The maximum absolute atomic E-state index is 8.94. The molecule has 15 heavy (non-hydrogen) atoms. The minimum absolute atomic E-state index is 0.359. The second-order valence-corrected chi connectivity index (χ2v) is 3.76. The molecule has 1 aliphatic heterocycles. The molecule has 1 atom stereocenters. The van der Waals surface area contributed by atoms with Gasteiger partial charge in [-0.2, -0.15) is 5.26 Å². The van der Waals surface area contributed by atoms with Crippen molar-refractivity contribution in [2.45, 2.75) is 25.8 Å². The maximum Gasteiger partial charge on any atom is 0.183 e. The van der Waals surface area contributed by atoms with E-state index in [1.54, 1.807) is 0 Å². The Kier molecular flexibility index (Phi) is 2.42. The van der Waals surface area contributed by atoms with Gasteiger partial charge in [-0.1, -0.05) is 0 Å². The number of rotatable bonds is 1. The van der Waals surface area contributed by atoms with Gasteiger partial charge in [0.15, 0.2) is 11.5 Å². The SMILES string of the molecule is CC1CCCN1c1nc(N)cnc1C#N. The molecule has 2 rings (SSSR count). The number of aromatic nitrogens is 2. The van der Waals surface area contributed by atoms with Crippen LogP contribution in [0.25, 0.3) is 0 Å². The van der Waals surface area contributed by atoms with Gasteiger partial charge in [-0.15, -0.1) is 0 Å². The molecular formula is C10H13N5. The van der Waals surface area contributed by atoms with Crippen molar-refractivity contribution in [1.82, 2.24) is 9.97 Å². The van der Waals surface area contributed by atoms with Crippen LogP contribution < -0.4 is 10.6 Å². The largest absolute Gasteiger partial charge is 0.382 e. The number of nitrogens with zero attached hydrogens (tertiary/aromatic N) is 4. The zero-order valence-corrected chi connectivity index (χ0v) is 8.64. The lowest BCUT2D eigenvalue weighted by Crippen LogP contribution is -2.28. The van der Waals surface area contributed by atoms with Crippen molar-refractivity contribution in [3.05, 3.63) is 11.9 Å². The molecule has 5 heteroatoms. The van der Waals surface area contributed by atoms with E-state index < -0.39 is 0 Å². The van der Waals surface area contributed by atoms with Crippen molar-refractivity contribution in [3.63, 3.8) is 0 Å². The Hall–Kier alpha value is -1.83. The summed E-state index contributed by atoms with van der Waals surface area (Å²) in [7, 11) is 0. The summed E-state index contributed by atoms with van der Waals surface area (Å²) in [6.07, 6.45) is 3.67. The summed E-state index contributed by atoms with van der Waals surface area (Å²) < 4.78 is 0. The van der Waals surface area contributed by atoms with E-state index in [1.165, 1.54) is 6.20 Å². The molecule has 1 fully saturated rings. The van der Waals surface area contributed by atoms with Crippen molar-refractivity contribution in [3.8, 4) is 6.07 Å². The normalized spacial score (nSPS) is 20.3. The first kappa shape index (κ1) is 9.71. The van der Waals surface area contributed by atoms with Crippen LogP contribution in [0.15, 0.2) is 6.20 Å². The lowest BCUT2D eigenvalue weighted by atomic mass is 10.2. The summed E-state index contributed by atoms with van der Waals surface area (Å²) in [5.74, 6) is 0.991. The fourth-order valence-corrected chi connectivity index (χ4v) is 1.92. The predicted octanol–water partition coefficient (Wildman–Crippen LogP) is 0.919. The molecule has 1 saturated heterocycles. The van der Waals surface area contributed by atoms with Gasteiger partial charge in [0.1, 0.15) is 11.9 Å². The maximum atomic E-state index is 8.94. The molecule has 0 radical (unpaired) electrons. The van der Waals surface area contributed by atoms with Gasteiger partial charge in [-0.3, -0.25) is 0 Å². The molecule has 1 aromatic heterocycles. The third-order valence-electron chi connectivity index (χ3n) is 2.70. The third-order valence-corrected chi connectivity index (χ3v) is 2.70. The van der Waals surface area contributed by atoms with Gasteiger partial charge in [0, 0.05) is 12.6 Å².